The van der Waals surface area contributed by atoms with Gasteiger partial charge in [-0.3, -0.25) is 0 Å². The van der Waals surface area contributed by atoms with Crippen LogP contribution in [-0.4, -0.2) is 37.2 Å². The van der Waals surface area contributed by atoms with Gasteiger partial charge in [0.1, 0.15) is 0 Å². The number of hydrogen-bond donors (Lipinski definition) is 1. The van der Waals surface area contributed by atoms with E-state index in [2.05, 4.69) is 81.7 Å². The van der Waals surface area contributed by atoms with E-state index < -0.39 is 0 Å². The first-order chi connectivity index (χ1) is 11.9. The number of aryl methyl sites for hydroxylation is 2. The van der Waals surface area contributed by atoms with E-state index in [0.717, 1.165) is 19.5 Å². The summed E-state index contributed by atoms with van der Waals surface area (Å²) in [6.07, 6.45) is 3.56. The normalized spacial score (nSPS) is 10.3. The van der Waals surface area contributed by atoms with Gasteiger partial charge in [0, 0.05) is 30.2 Å². The Hall–Kier alpha value is -1.32. The third kappa shape index (κ3) is 7.21. The molecule has 2 aromatic rings. The van der Waals surface area contributed by atoms with E-state index in [-0.39, 0.29) is 0 Å². The third-order valence-corrected chi connectivity index (χ3v) is 3.96. The van der Waals surface area contributed by atoms with Crippen molar-refractivity contribution in [3.63, 3.8) is 0 Å². The summed E-state index contributed by atoms with van der Waals surface area (Å²) in [5.74, 6) is 0. The second kappa shape index (κ2) is 13.0. The van der Waals surface area contributed by atoms with Gasteiger partial charge < -0.3 is 14.8 Å². The monoisotopic (exact) mass is 347 g/mol. The molecule has 0 aliphatic heterocycles. The zero-order valence-electron chi connectivity index (χ0n) is 18.2. The molecule has 0 aliphatic rings. The number of rotatable bonds is 5. The smallest absolute Gasteiger partial charge is 0.0483 e. The van der Waals surface area contributed by atoms with Gasteiger partial charge in [0.05, 0.1) is 0 Å². The Kier molecular flexibility index (Phi) is 12.3. The van der Waals surface area contributed by atoms with Gasteiger partial charge in [-0.15, -0.1) is 0 Å². The Morgan fingerprint density at radius 2 is 1.64 bits per heavy atom. The standard InChI is InChI=1S/C17H26N2.C3H8.C2H7N/c1-6-10-18(4)12-15-14-11-13(3)8-9-17(14)19(5)16(15)7-2;2*1-3-2/h8-9,11H,6-7,10,12H2,1-5H3;3H2,1-2H3;3H,1-2H3. The first kappa shape index (κ1) is 23.7. The number of nitrogens with zero attached hydrogens (tertiary/aromatic N) is 2. The maximum absolute atomic E-state index is 2.75. The molecule has 0 atom stereocenters. The van der Waals surface area contributed by atoms with Crippen molar-refractivity contribution in [1.82, 2.24) is 14.8 Å². The first-order valence-corrected chi connectivity index (χ1v) is 9.75. The van der Waals surface area contributed by atoms with Crippen molar-refractivity contribution in [1.29, 1.82) is 0 Å². The van der Waals surface area contributed by atoms with Crippen LogP contribution in [0.2, 0.25) is 0 Å². The number of hydrogen-bond acceptors (Lipinski definition) is 2. The van der Waals surface area contributed by atoms with Crippen LogP contribution in [0, 0.1) is 6.92 Å². The van der Waals surface area contributed by atoms with E-state index in [1.807, 2.05) is 14.1 Å². The molecule has 1 aromatic heterocycles. The summed E-state index contributed by atoms with van der Waals surface area (Å²) in [7, 11) is 8.16. The van der Waals surface area contributed by atoms with Gasteiger partial charge in [-0.25, -0.2) is 0 Å². The minimum absolute atomic E-state index is 1.05. The van der Waals surface area contributed by atoms with E-state index in [4.69, 9.17) is 0 Å². The van der Waals surface area contributed by atoms with E-state index in [0.29, 0.717) is 0 Å². The van der Waals surface area contributed by atoms with Crippen LogP contribution >= 0.6 is 0 Å². The fourth-order valence-corrected chi connectivity index (χ4v) is 3.05. The molecule has 1 aromatic carbocycles. The third-order valence-electron chi connectivity index (χ3n) is 3.96. The summed E-state index contributed by atoms with van der Waals surface area (Å²) in [6.45, 7) is 13.1. The molecular formula is C22H41N3. The van der Waals surface area contributed by atoms with Crippen molar-refractivity contribution >= 4 is 10.9 Å². The maximum atomic E-state index is 2.75. The summed E-state index contributed by atoms with van der Waals surface area (Å²) in [4.78, 5) is 2.43. The van der Waals surface area contributed by atoms with E-state index in [9.17, 15) is 0 Å². The molecule has 25 heavy (non-hydrogen) atoms. The van der Waals surface area contributed by atoms with Crippen molar-refractivity contribution in [2.24, 2.45) is 7.05 Å². The fourth-order valence-electron chi connectivity index (χ4n) is 3.05. The summed E-state index contributed by atoms with van der Waals surface area (Å²) < 4.78 is 2.36. The van der Waals surface area contributed by atoms with Crippen LogP contribution < -0.4 is 5.32 Å². The molecule has 0 bridgehead atoms. The molecule has 0 unspecified atom stereocenters. The number of aromatic nitrogens is 1. The van der Waals surface area contributed by atoms with Gasteiger partial charge in [-0.05, 0) is 65.1 Å². The summed E-state index contributed by atoms with van der Waals surface area (Å²) in [6, 6.07) is 6.80. The molecule has 0 saturated carbocycles. The highest BCUT2D eigenvalue weighted by Crippen LogP contribution is 2.27. The zero-order valence-corrected chi connectivity index (χ0v) is 18.2. The van der Waals surface area contributed by atoms with Crippen LogP contribution in [0.15, 0.2) is 18.2 Å². The Morgan fingerprint density at radius 1 is 1.08 bits per heavy atom. The van der Waals surface area contributed by atoms with Gasteiger partial charge in [0.15, 0.2) is 0 Å². The van der Waals surface area contributed by atoms with Gasteiger partial charge in [-0.2, -0.15) is 0 Å². The molecule has 0 spiro atoms. The fraction of sp³-hybridized carbons (Fsp3) is 0.636. The van der Waals surface area contributed by atoms with Crippen molar-refractivity contribution in [3.05, 3.63) is 35.0 Å². The first-order valence-electron chi connectivity index (χ1n) is 9.75. The number of nitrogens with one attached hydrogen (secondary N) is 1. The van der Waals surface area contributed by atoms with Crippen molar-refractivity contribution in [2.45, 2.75) is 60.4 Å². The van der Waals surface area contributed by atoms with Crippen LogP contribution in [0.5, 0.6) is 0 Å². The van der Waals surface area contributed by atoms with Crippen LogP contribution in [-0.2, 0) is 20.0 Å². The molecule has 3 nitrogen and oxygen atoms in total. The summed E-state index contributed by atoms with van der Waals surface area (Å²) >= 11 is 0. The highest BCUT2D eigenvalue weighted by atomic mass is 15.1. The number of fused-ring (bicyclic) bond motifs is 1. The average Bonchev–Trinajstić information content (AvgIpc) is 2.80. The lowest BCUT2D eigenvalue weighted by Gasteiger charge is -2.16. The van der Waals surface area contributed by atoms with Crippen molar-refractivity contribution in [3.8, 4) is 0 Å². The average molecular weight is 348 g/mol. The molecule has 0 fully saturated rings. The summed E-state index contributed by atoms with van der Waals surface area (Å²) in [5, 5.41) is 4.18. The van der Waals surface area contributed by atoms with Crippen LogP contribution in [0.4, 0.5) is 0 Å². The molecule has 3 heteroatoms. The predicted octanol–water partition coefficient (Wildman–Crippen LogP) is 5.14. The Labute approximate surface area is 156 Å². The lowest BCUT2D eigenvalue weighted by atomic mass is 10.1. The lowest BCUT2D eigenvalue weighted by Crippen LogP contribution is -2.19. The Bertz CT molecular complexity index is 597. The zero-order chi connectivity index (χ0) is 19.4. The molecule has 2 rings (SSSR count). The second-order valence-corrected chi connectivity index (χ2v) is 6.80. The van der Waals surface area contributed by atoms with E-state index in [1.54, 1.807) is 0 Å². The SMILES string of the molecule is CCC.CCCN(C)Cc1c(CC)n(C)c2ccc(C)cc12.CNC. The minimum Gasteiger partial charge on any atom is -0.347 e. The molecule has 0 saturated heterocycles. The molecular weight excluding hydrogens is 306 g/mol. The highest BCUT2D eigenvalue weighted by Gasteiger charge is 2.15. The molecule has 1 N–H and O–H groups in total. The molecule has 0 amide bonds. The molecule has 1 heterocycles. The van der Waals surface area contributed by atoms with Crippen molar-refractivity contribution < 1.29 is 0 Å². The van der Waals surface area contributed by atoms with Gasteiger partial charge in [0.25, 0.3) is 0 Å². The molecule has 0 aliphatic carbocycles. The van der Waals surface area contributed by atoms with Gasteiger partial charge >= 0.3 is 0 Å². The van der Waals surface area contributed by atoms with E-state index in [1.165, 1.54) is 40.6 Å². The van der Waals surface area contributed by atoms with E-state index >= 15 is 0 Å². The molecule has 0 radical (unpaired) electrons. The number of benzene rings is 1. The minimum atomic E-state index is 1.05. The topological polar surface area (TPSA) is 20.2 Å². The lowest BCUT2D eigenvalue weighted by molar-refractivity contribution is 0.327. The Morgan fingerprint density at radius 3 is 2.12 bits per heavy atom. The Balaban J connectivity index is 0.000000844. The van der Waals surface area contributed by atoms with Crippen LogP contribution in [0.1, 0.15) is 57.4 Å². The quantitative estimate of drug-likeness (QED) is 0.808. The van der Waals surface area contributed by atoms with Gasteiger partial charge in [-0.1, -0.05) is 45.7 Å². The summed E-state index contributed by atoms with van der Waals surface area (Å²) in [5.41, 5.74) is 5.70. The largest absolute Gasteiger partial charge is 0.347 e. The van der Waals surface area contributed by atoms with Crippen LogP contribution in [0.3, 0.4) is 0 Å². The predicted molar refractivity (Wildman–Crippen MR) is 115 cm³/mol. The molecule has 144 valence electrons. The second-order valence-electron chi connectivity index (χ2n) is 6.80. The van der Waals surface area contributed by atoms with Crippen molar-refractivity contribution in [2.75, 3.05) is 27.7 Å². The highest BCUT2D eigenvalue weighted by molar-refractivity contribution is 5.86. The maximum Gasteiger partial charge on any atom is 0.0483 e. The van der Waals surface area contributed by atoms with Gasteiger partial charge in [0.2, 0.25) is 0 Å². The van der Waals surface area contributed by atoms with Crippen LogP contribution in [0.25, 0.3) is 10.9 Å².